The number of aromatic nitrogens is 2. The maximum absolute atomic E-state index is 14.0. The molecule has 2 aliphatic rings. The van der Waals surface area contributed by atoms with Crippen LogP contribution >= 0.6 is 11.6 Å². The molecule has 2 aliphatic heterocycles. The minimum atomic E-state index is -0.849. The van der Waals surface area contributed by atoms with E-state index in [1.54, 1.807) is 29.4 Å². The summed E-state index contributed by atoms with van der Waals surface area (Å²) >= 11 is 6.09. The molecule has 2 aromatic heterocycles. The van der Waals surface area contributed by atoms with Gasteiger partial charge in [-0.2, -0.15) is 0 Å². The van der Waals surface area contributed by atoms with Crippen molar-refractivity contribution in [1.82, 2.24) is 25.1 Å². The summed E-state index contributed by atoms with van der Waals surface area (Å²) in [5.41, 5.74) is 1.97. The minimum absolute atomic E-state index is 0.138. The summed E-state index contributed by atoms with van der Waals surface area (Å²) in [5.74, 6) is -0.299. The van der Waals surface area contributed by atoms with E-state index in [0.717, 1.165) is 62.1 Å². The number of benzene rings is 2. The van der Waals surface area contributed by atoms with Gasteiger partial charge in [0.05, 0.1) is 22.3 Å². The number of piperidine rings is 2. The number of likely N-dealkylation sites (tertiary alicyclic amines) is 2. The van der Waals surface area contributed by atoms with Crippen LogP contribution in [0.25, 0.3) is 0 Å². The molecule has 0 radical (unpaired) electrons. The molecule has 2 atom stereocenters. The molecule has 4 aromatic rings. The third-order valence-electron chi connectivity index (χ3n) is 10.2. The van der Waals surface area contributed by atoms with Crippen LogP contribution in [0.5, 0.6) is 0 Å². The number of aliphatic hydroxyl groups is 1. The van der Waals surface area contributed by atoms with E-state index in [0.29, 0.717) is 42.9 Å². The Labute approximate surface area is 288 Å². The van der Waals surface area contributed by atoms with Crippen molar-refractivity contribution in [2.45, 2.75) is 62.0 Å². The number of hydrogen-bond donors (Lipinski definition) is 2. The molecule has 4 heterocycles. The summed E-state index contributed by atoms with van der Waals surface area (Å²) in [7, 11) is 0. The average molecular weight is 666 g/mol. The van der Waals surface area contributed by atoms with Crippen LogP contribution in [0.4, 0.5) is 0 Å². The third-order valence-corrected chi connectivity index (χ3v) is 10.4. The molecule has 2 amide bonds. The molecule has 48 heavy (non-hydrogen) atoms. The molecule has 2 N–H and O–H groups in total. The number of hydrogen-bond acceptors (Lipinski definition) is 6. The van der Waals surface area contributed by atoms with Crippen molar-refractivity contribution in [3.8, 4) is 0 Å². The smallest absolute Gasteiger partial charge is 0.256 e. The fourth-order valence-corrected chi connectivity index (χ4v) is 7.49. The molecule has 2 fully saturated rings. The predicted molar refractivity (Wildman–Crippen MR) is 188 cm³/mol. The Bertz CT molecular complexity index is 1590. The third kappa shape index (κ3) is 7.62. The van der Waals surface area contributed by atoms with Crippen molar-refractivity contribution < 1.29 is 14.7 Å². The zero-order valence-corrected chi connectivity index (χ0v) is 28.1. The van der Waals surface area contributed by atoms with Crippen molar-refractivity contribution in [2.75, 3.05) is 32.7 Å². The number of pyridine rings is 2. The monoisotopic (exact) mass is 665 g/mol. The number of nitrogens with zero attached hydrogens (tertiary/aromatic N) is 4. The van der Waals surface area contributed by atoms with E-state index in [1.165, 1.54) is 0 Å². The highest BCUT2D eigenvalue weighted by Gasteiger charge is 2.39. The van der Waals surface area contributed by atoms with Crippen LogP contribution in [-0.4, -0.2) is 75.5 Å². The van der Waals surface area contributed by atoms with Crippen molar-refractivity contribution >= 4 is 23.4 Å². The molecule has 2 unspecified atom stereocenters. The van der Waals surface area contributed by atoms with Crippen LogP contribution in [-0.2, 0) is 15.8 Å². The molecule has 6 rings (SSSR count). The standard InChI is InChI=1S/C39H44ClN5O3/c40-33-17-15-32(16-18-33)39(48)20-26-44(27-21-39)24-9-19-38(31-11-2-1-3-12-31,35-14-4-6-23-42-35)29-43-36(46)34-13-5-7-25-45(34)37(47)30-10-8-22-41-28-30/h1-4,6,8,10-12,14-18,22-23,28,34,48H,5,7,9,13,19-21,24-27,29H2,(H,43,46). The Hall–Kier alpha value is -4.11. The molecular weight excluding hydrogens is 622 g/mol. The van der Waals surface area contributed by atoms with E-state index >= 15 is 0 Å². The van der Waals surface area contributed by atoms with Gasteiger partial charge in [0.1, 0.15) is 6.04 Å². The minimum Gasteiger partial charge on any atom is -0.385 e. The van der Waals surface area contributed by atoms with Crippen LogP contribution in [0.3, 0.4) is 0 Å². The van der Waals surface area contributed by atoms with E-state index in [2.05, 4.69) is 27.3 Å². The van der Waals surface area contributed by atoms with Gasteiger partial charge in [-0.05, 0) is 99.0 Å². The predicted octanol–water partition coefficient (Wildman–Crippen LogP) is 5.99. The molecule has 2 saturated heterocycles. The normalized spacial score (nSPS) is 19.3. The molecule has 0 saturated carbocycles. The summed E-state index contributed by atoms with van der Waals surface area (Å²) in [5, 5.41) is 15.4. The lowest BCUT2D eigenvalue weighted by molar-refractivity contribution is -0.126. The van der Waals surface area contributed by atoms with Gasteiger partial charge in [-0.3, -0.25) is 19.6 Å². The second-order valence-electron chi connectivity index (χ2n) is 13.1. The second-order valence-corrected chi connectivity index (χ2v) is 13.6. The maximum Gasteiger partial charge on any atom is 0.256 e. The maximum atomic E-state index is 14.0. The Morgan fingerprint density at radius 1 is 0.917 bits per heavy atom. The van der Waals surface area contributed by atoms with Gasteiger partial charge in [-0.15, -0.1) is 0 Å². The topological polar surface area (TPSA) is 98.7 Å². The van der Waals surface area contributed by atoms with Crippen molar-refractivity contribution in [2.24, 2.45) is 0 Å². The van der Waals surface area contributed by atoms with Gasteiger partial charge in [0, 0.05) is 49.8 Å². The highest BCUT2D eigenvalue weighted by molar-refractivity contribution is 6.30. The zero-order valence-electron chi connectivity index (χ0n) is 27.3. The average Bonchev–Trinajstić information content (AvgIpc) is 3.15. The van der Waals surface area contributed by atoms with E-state index < -0.39 is 17.1 Å². The first kappa shape index (κ1) is 33.8. The summed E-state index contributed by atoms with van der Waals surface area (Å²) in [6.45, 7) is 3.34. The lowest BCUT2D eigenvalue weighted by Gasteiger charge is -2.40. The fourth-order valence-electron chi connectivity index (χ4n) is 7.36. The largest absolute Gasteiger partial charge is 0.385 e. The zero-order chi connectivity index (χ0) is 33.4. The van der Waals surface area contributed by atoms with E-state index in [1.807, 2.05) is 66.9 Å². The first-order chi connectivity index (χ1) is 23.4. The number of carbonyl (C=O) groups excluding carboxylic acids is 2. The van der Waals surface area contributed by atoms with Crippen LogP contribution in [0.2, 0.25) is 5.02 Å². The Morgan fingerprint density at radius 3 is 2.40 bits per heavy atom. The molecule has 9 heteroatoms. The number of carbonyl (C=O) groups is 2. The highest BCUT2D eigenvalue weighted by atomic mass is 35.5. The van der Waals surface area contributed by atoms with Crippen LogP contribution in [0.1, 0.15) is 72.1 Å². The first-order valence-electron chi connectivity index (χ1n) is 17.0. The van der Waals surface area contributed by atoms with Gasteiger partial charge in [-0.1, -0.05) is 60.1 Å². The number of amides is 2. The molecule has 8 nitrogen and oxygen atoms in total. The van der Waals surface area contributed by atoms with E-state index in [4.69, 9.17) is 16.6 Å². The summed E-state index contributed by atoms with van der Waals surface area (Å²) < 4.78 is 0. The molecular formula is C39H44ClN5O3. The van der Waals surface area contributed by atoms with Crippen molar-refractivity contribution in [1.29, 1.82) is 0 Å². The van der Waals surface area contributed by atoms with Gasteiger partial charge in [0.2, 0.25) is 5.91 Å². The van der Waals surface area contributed by atoms with Crippen LogP contribution in [0, 0.1) is 0 Å². The molecule has 250 valence electrons. The summed E-state index contributed by atoms with van der Waals surface area (Å²) in [6, 6.07) is 26.7. The summed E-state index contributed by atoms with van der Waals surface area (Å²) in [4.78, 5) is 40.5. The molecule has 0 bridgehead atoms. The SMILES string of the molecule is O=C(NCC(CCCN1CCC(O)(c2ccc(Cl)cc2)CC1)(c1ccccc1)c1ccccn1)C1CCCCN1C(=O)c1cccnc1. The molecule has 2 aromatic carbocycles. The van der Waals surface area contributed by atoms with Crippen LogP contribution < -0.4 is 5.32 Å². The number of halogens is 1. The molecule has 0 aliphatic carbocycles. The van der Waals surface area contributed by atoms with Gasteiger partial charge in [0.25, 0.3) is 5.91 Å². The van der Waals surface area contributed by atoms with Gasteiger partial charge in [0.15, 0.2) is 0 Å². The lowest BCUT2D eigenvalue weighted by Crippen LogP contribution is -2.54. The van der Waals surface area contributed by atoms with Gasteiger partial charge in [-0.25, -0.2) is 0 Å². The first-order valence-corrected chi connectivity index (χ1v) is 17.4. The Morgan fingerprint density at radius 2 is 1.69 bits per heavy atom. The van der Waals surface area contributed by atoms with Crippen molar-refractivity contribution in [3.05, 3.63) is 131 Å². The fraction of sp³-hybridized carbons (Fsp3) is 0.385. The van der Waals surface area contributed by atoms with E-state index in [-0.39, 0.29) is 11.8 Å². The second kappa shape index (κ2) is 15.4. The quantitative estimate of drug-likeness (QED) is 0.204. The lowest BCUT2D eigenvalue weighted by atomic mass is 9.73. The highest BCUT2D eigenvalue weighted by Crippen LogP contribution is 2.37. The Kier molecular flexibility index (Phi) is 10.8. The van der Waals surface area contributed by atoms with Gasteiger partial charge >= 0.3 is 0 Å². The van der Waals surface area contributed by atoms with Crippen LogP contribution in [0.15, 0.2) is 104 Å². The molecule has 0 spiro atoms. The van der Waals surface area contributed by atoms with Gasteiger partial charge < -0.3 is 20.2 Å². The van der Waals surface area contributed by atoms with E-state index in [9.17, 15) is 14.7 Å². The van der Waals surface area contributed by atoms with Crippen molar-refractivity contribution in [3.63, 3.8) is 0 Å². The number of nitrogens with one attached hydrogen (secondary N) is 1. The summed E-state index contributed by atoms with van der Waals surface area (Å²) in [6.07, 6.45) is 10.3. The Balaban J connectivity index is 1.18. The number of rotatable bonds is 11.